The molecule has 2 atom stereocenters. The number of hydrogen-bond acceptors (Lipinski definition) is 4. The number of aliphatic hydroxyl groups excluding tert-OH is 1. The molecule has 0 aromatic carbocycles. The van der Waals surface area contributed by atoms with Gasteiger partial charge in [-0.05, 0) is 19.3 Å². The predicted molar refractivity (Wildman–Crippen MR) is 72.3 cm³/mol. The van der Waals surface area contributed by atoms with Crippen molar-refractivity contribution in [3.8, 4) is 0 Å². The number of methoxy groups -OCH3 is 1. The monoisotopic (exact) mass is 288 g/mol. The summed E-state index contributed by atoms with van der Waals surface area (Å²) in [5.41, 5.74) is 0.660. The van der Waals surface area contributed by atoms with Gasteiger partial charge in [-0.25, -0.2) is 0 Å². The molecule has 1 fully saturated rings. The molecule has 1 N–H and O–H groups in total. The lowest BCUT2D eigenvalue weighted by Gasteiger charge is -2.25. The Balaban J connectivity index is 2.00. The highest BCUT2D eigenvalue weighted by Gasteiger charge is 2.23. The summed E-state index contributed by atoms with van der Waals surface area (Å²) >= 11 is 6.11. The zero-order valence-corrected chi connectivity index (χ0v) is 12.0. The lowest BCUT2D eigenvalue weighted by molar-refractivity contribution is -0.0172. The number of aromatic nitrogens is 2. The minimum absolute atomic E-state index is 0.116. The zero-order chi connectivity index (χ0) is 13.7. The maximum Gasteiger partial charge on any atom is 0.0996 e. The van der Waals surface area contributed by atoms with E-state index in [2.05, 4.69) is 5.10 Å². The Kier molecular flexibility index (Phi) is 5.63. The second kappa shape index (κ2) is 7.24. The molecule has 1 aliphatic heterocycles. The molecular weight excluding hydrogens is 268 g/mol. The van der Waals surface area contributed by atoms with Crippen LogP contribution in [0.2, 0.25) is 5.02 Å². The van der Waals surface area contributed by atoms with Gasteiger partial charge in [0.25, 0.3) is 0 Å². The van der Waals surface area contributed by atoms with Gasteiger partial charge in [0.05, 0.1) is 42.3 Å². The summed E-state index contributed by atoms with van der Waals surface area (Å²) in [5, 5.41) is 15.0. The lowest BCUT2D eigenvalue weighted by atomic mass is 10.0. The summed E-state index contributed by atoms with van der Waals surface area (Å²) in [7, 11) is 1.64. The van der Waals surface area contributed by atoms with E-state index in [9.17, 15) is 5.11 Å². The van der Waals surface area contributed by atoms with E-state index in [-0.39, 0.29) is 6.10 Å². The highest BCUT2D eigenvalue weighted by Crippen LogP contribution is 2.29. The van der Waals surface area contributed by atoms with Crippen molar-refractivity contribution in [2.75, 3.05) is 20.3 Å². The minimum Gasteiger partial charge on any atom is -0.387 e. The highest BCUT2D eigenvalue weighted by atomic mass is 35.5. The molecule has 1 aliphatic rings. The molecule has 1 saturated heterocycles. The van der Waals surface area contributed by atoms with Crippen LogP contribution in [0.4, 0.5) is 0 Å². The molecule has 1 aromatic heterocycles. The molecule has 2 unspecified atom stereocenters. The van der Waals surface area contributed by atoms with Crippen LogP contribution in [0, 0.1) is 0 Å². The molecule has 108 valence electrons. The van der Waals surface area contributed by atoms with E-state index in [0.29, 0.717) is 30.3 Å². The Bertz CT molecular complexity index is 391. The molecule has 2 heterocycles. The summed E-state index contributed by atoms with van der Waals surface area (Å²) in [4.78, 5) is 0. The Labute approximate surface area is 118 Å². The van der Waals surface area contributed by atoms with Crippen LogP contribution in [0.15, 0.2) is 6.20 Å². The molecular formula is C13H21ClN2O3. The number of hydrogen-bond donors (Lipinski definition) is 1. The minimum atomic E-state index is -0.644. The number of aliphatic hydroxyl groups is 1. The fourth-order valence-corrected chi connectivity index (χ4v) is 2.68. The first kappa shape index (κ1) is 14.8. The molecule has 19 heavy (non-hydrogen) atoms. The van der Waals surface area contributed by atoms with Crippen molar-refractivity contribution in [3.05, 3.63) is 16.9 Å². The molecule has 0 amide bonds. The van der Waals surface area contributed by atoms with Crippen molar-refractivity contribution in [2.45, 2.75) is 44.4 Å². The predicted octanol–water partition coefficient (Wildman–Crippen LogP) is 2.18. The average molecular weight is 289 g/mol. The van der Waals surface area contributed by atoms with Crippen molar-refractivity contribution in [3.63, 3.8) is 0 Å². The van der Waals surface area contributed by atoms with Gasteiger partial charge in [0.1, 0.15) is 0 Å². The number of halogens is 1. The van der Waals surface area contributed by atoms with E-state index >= 15 is 0 Å². The molecule has 0 radical (unpaired) electrons. The first-order chi connectivity index (χ1) is 9.22. The second-order valence-corrected chi connectivity index (χ2v) is 5.24. The van der Waals surface area contributed by atoms with Crippen LogP contribution in [0.3, 0.4) is 0 Å². The van der Waals surface area contributed by atoms with E-state index in [0.717, 1.165) is 25.9 Å². The van der Waals surface area contributed by atoms with Crippen LogP contribution < -0.4 is 0 Å². The Morgan fingerprint density at radius 1 is 1.63 bits per heavy atom. The Hall–Kier alpha value is -0.620. The van der Waals surface area contributed by atoms with E-state index in [4.69, 9.17) is 21.1 Å². The van der Waals surface area contributed by atoms with Crippen molar-refractivity contribution >= 4 is 11.6 Å². The first-order valence-electron chi connectivity index (χ1n) is 6.72. The van der Waals surface area contributed by atoms with E-state index < -0.39 is 6.10 Å². The van der Waals surface area contributed by atoms with Crippen molar-refractivity contribution in [1.29, 1.82) is 0 Å². The smallest absolute Gasteiger partial charge is 0.0996 e. The lowest BCUT2D eigenvalue weighted by Crippen LogP contribution is -2.23. The molecule has 2 rings (SSSR count). The van der Waals surface area contributed by atoms with Crippen LogP contribution in [-0.2, 0) is 16.0 Å². The maximum absolute atomic E-state index is 10.4. The fraction of sp³-hybridized carbons (Fsp3) is 0.769. The number of ether oxygens (including phenoxy) is 2. The van der Waals surface area contributed by atoms with Gasteiger partial charge in [0, 0.05) is 20.1 Å². The van der Waals surface area contributed by atoms with Gasteiger partial charge < -0.3 is 14.6 Å². The largest absolute Gasteiger partial charge is 0.387 e. The first-order valence-corrected chi connectivity index (χ1v) is 7.10. The van der Waals surface area contributed by atoms with Crippen LogP contribution >= 0.6 is 11.6 Å². The van der Waals surface area contributed by atoms with Gasteiger partial charge in [-0.3, -0.25) is 4.68 Å². The van der Waals surface area contributed by atoms with Crippen molar-refractivity contribution in [1.82, 2.24) is 9.78 Å². The van der Waals surface area contributed by atoms with Gasteiger partial charge in [-0.2, -0.15) is 5.10 Å². The highest BCUT2D eigenvalue weighted by molar-refractivity contribution is 6.31. The van der Waals surface area contributed by atoms with Crippen LogP contribution in [-0.4, -0.2) is 41.3 Å². The van der Waals surface area contributed by atoms with Crippen LogP contribution in [0.25, 0.3) is 0 Å². The Morgan fingerprint density at radius 3 is 3.16 bits per heavy atom. The van der Waals surface area contributed by atoms with Gasteiger partial charge in [-0.1, -0.05) is 11.6 Å². The fourth-order valence-electron chi connectivity index (χ4n) is 2.41. The molecule has 0 aliphatic carbocycles. The van der Waals surface area contributed by atoms with E-state index in [1.807, 2.05) is 0 Å². The van der Waals surface area contributed by atoms with Crippen molar-refractivity contribution in [2.24, 2.45) is 0 Å². The van der Waals surface area contributed by atoms with Gasteiger partial charge in [0.15, 0.2) is 0 Å². The summed E-state index contributed by atoms with van der Waals surface area (Å²) in [6.45, 7) is 1.91. The molecule has 0 saturated carbocycles. The van der Waals surface area contributed by atoms with Gasteiger partial charge >= 0.3 is 0 Å². The third-order valence-electron chi connectivity index (χ3n) is 3.42. The molecule has 5 nitrogen and oxygen atoms in total. The summed E-state index contributed by atoms with van der Waals surface area (Å²) in [6.07, 6.45) is 4.88. The van der Waals surface area contributed by atoms with Crippen LogP contribution in [0.5, 0.6) is 0 Å². The van der Waals surface area contributed by atoms with Crippen LogP contribution in [0.1, 0.15) is 37.5 Å². The molecule has 0 bridgehead atoms. The SMILES string of the molecule is COCCn1ncc(Cl)c1C(O)CC1CCCCO1. The summed E-state index contributed by atoms with van der Waals surface area (Å²) in [6, 6.07) is 0. The third kappa shape index (κ3) is 3.92. The zero-order valence-electron chi connectivity index (χ0n) is 11.2. The maximum atomic E-state index is 10.4. The Morgan fingerprint density at radius 2 is 2.47 bits per heavy atom. The standard InChI is InChI=1S/C13H21ClN2O3/c1-18-7-5-16-13(11(14)9-15-16)12(17)8-10-4-2-3-6-19-10/h9-10,12,17H,2-8H2,1H3. The van der Waals surface area contributed by atoms with Gasteiger partial charge in [0.2, 0.25) is 0 Å². The summed E-state index contributed by atoms with van der Waals surface area (Å²) < 4.78 is 12.4. The molecule has 0 spiro atoms. The normalized spacial score (nSPS) is 21.5. The van der Waals surface area contributed by atoms with E-state index in [1.54, 1.807) is 18.0 Å². The second-order valence-electron chi connectivity index (χ2n) is 4.83. The molecule has 1 aromatic rings. The third-order valence-corrected chi connectivity index (χ3v) is 3.71. The number of rotatable bonds is 6. The molecule has 6 heteroatoms. The average Bonchev–Trinajstić information content (AvgIpc) is 2.78. The summed E-state index contributed by atoms with van der Waals surface area (Å²) in [5.74, 6) is 0. The number of nitrogens with zero attached hydrogens (tertiary/aromatic N) is 2. The van der Waals surface area contributed by atoms with Gasteiger partial charge in [-0.15, -0.1) is 0 Å². The van der Waals surface area contributed by atoms with E-state index in [1.165, 1.54) is 0 Å². The van der Waals surface area contributed by atoms with Crippen molar-refractivity contribution < 1.29 is 14.6 Å². The topological polar surface area (TPSA) is 56.5 Å². The quantitative estimate of drug-likeness (QED) is 0.872.